The maximum Gasteiger partial charge on any atom is 0.0656 e. The van der Waals surface area contributed by atoms with Crippen molar-refractivity contribution in [2.45, 2.75) is 13.8 Å². The van der Waals surface area contributed by atoms with Gasteiger partial charge in [0.25, 0.3) is 0 Å². The largest absolute Gasteiger partial charge is 0.323 e. The first-order valence-electron chi connectivity index (χ1n) is 3.38. The molecule has 0 saturated heterocycles. The summed E-state index contributed by atoms with van der Waals surface area (Å²) in [5.41, 5.74) is 5.98. The Morgan fingerprint density at radius 3 is 2.33 bits per heavy atom. The Morgan fingerprint density at radius 2 is 1.92 bits per heavy atom. The Morgan fingerprint density at radius 1 is 1.33 bits per heavy atom. The molecule has 1 aromatic rings. The van der Waals surface area contributed by atoms with Crippen molar-refractivity contribution in [1.82, 2.24) is 0 Å². The zero-order valence-electron chi connectivity index (χ0n) is 7.02. The lowest BCUT2D eigenvalue weighted by Crippen LogP contribution is -2.08. The lowest BCUT2D eigenvalue weighted by atomic mass is 10.1. The number of hydrogen-bond acceptors (Lipinski definition) is 2. The Bertz CT molecular complexity index is 253. The summed E-state index contributed by atoms with van der Waals surface area (Å²) in [6, 6.07) is 4.11. The van der Waals surface area contributed by atoms with Crippen LogP contribution in [0.3, 0.4) is 0 Å². The number of nitrogens with one attached hydrogen (secondary N) is 1. The second-order valence-electron chi connectivity index (χ2n) is 2.58. The first-order chi connectivity index (χ1) is 5.15. The van der Waals surface area contributed by atoms with Crippen LogP contribution >= 0.6 is 28.3 Å². The molecule has 0 aliphatic rings. The zero-order valence-corrected chi connectivity index (χ0v) is 9.42. The van der Waals surface area contributed by atoms with E-state index in [4.69, 9.17) is 5.84 Å². The standard InChI is InChI=1S/C8H11BrN2.ClH/c1-5-3-6(2)8(11-10)7(9)4-5;/h3-4,11H,10H2,1-2H3;1H. The van der Waals surface area contributed by atoms with Gasteiger partial charge in [-0.05, 0) is 47.0 Å². The van der Waals surface area contributed by atoms with Gasteiger partial charge in [0.2, 0.25) is 0 Å². The summed E-state index contributed by atoms with van der Waals surface area (Å²) < 4.78 is 1.01. The highest BCUT2D eigenvalue weighted by molar-refractivity contribution is 9.10. The summed E-state index contributed by atoms with van der Waals surface area (Å²) in [6.45, 7) is 4.07. The smallest absolute Gasteiger partial charge is 0.0656 e. The lowest BCUT2D eigenvalue weighted by Gasteiger charge is -2.07. The second kappa shape index (κ2) is 4.70. The maximum absolute atomic E-state index is 5.32. The van der Waals surface area contributed by atoms with Crippen LogP contribution in [0.15, 0.2) is 16.6 Å². The van der Waals surface area contributed by atoms with E-state index in [0.717, 1.165) is 15.7 Å². The fourth-order valence-electron chi connectivity index (χ4n) is 1.10. The highest BCUT2D eigenvalue weighted by Gasteiger charge is 2.01. The zero-order chi connectivity index (χ0) is 8.43. The average Bonchev–Trinajstić information content (AvgIpc) is 1.85. The van der Waals surface area contributed by atoms with Crippen LogP contribution in [-0.2, 0) is 0 Å². The molecule has 2 nitrogen and oxygen atoms in total. The molecule has 12 heavy (non-hydrogen) atoms. The van der Waals surface area contributed by atoms with Crippen molar-refractivity contribution < 1.29 is 0 Å². The van der Waals surface area contributed by atoms with Gasteiger partial charge in [-0.15, -0.1) is 12.4 Å². The van der Waals surface area contributed by atoms with Crippen molar-refractivity contribution >= 4 is 34.0 Å². The van der Waals surface area contributed by atoms with E-state index < -0.39 is 0 Å². The molecule has 0 heterocycles. The van der Waals surface area contributed by atoms with Crippen LogP contribution in [0.1, 0.15) is 11.1 Å². The Hall–Kier alpha value is -0.250. The number of hydrogen-bond donors (Lipinski definition) is 2. The molecule has 0 saturated carbocycles. The van der Waals surface area contributed by atoms with Gasteiger partial charge in [0, 0.05) is 4.47 Å². The quantitative estimate of drug-likeness (QED) is 0.595. The van der Waals surface area contributed by atoms with E-state index in [0.29, 0.717) is 0 Å². The van der Waals surface area contributed by atoms with Crippen LogP contribution in [0.2, 0.25) is 0 Å². The molecular formula is C8H12BrClN2. The summed E-state index contributed by atoms with van der Waals surface area (Å²) in [4.78, 5) is 0. The minimum Gasteiger partial charge on any atom is -0.323 e. The van der Waals surface area contributed by atoms with Gasteiger partial charge in [0.05, 0.1) is 5.69 Å². The first-order valence-corrected chi connectivity index (χ1v) is 4.18. The highest BCUT2D eigenvalue weighted by atomic mass is 79.9. The van der Waals surface area contributed by atoms with Gasteiger partial charge in [0.15, 0.2) is 0 Å². The molecule has 0 aliphatic carbocycles. The molecule has 68 valence electrons. The van der Waals surface area contributed by atoms with Crippen molar-refractivity contribution in [2.75, 3.05) is 5.43 Å². The number of nitrogen functional groups attached to an aromatic ring is 1. The lowest BCUT2D eigenvalue weighted by molar-refractivity contribution is 1.28. The van der Waals surface area contributed by atoms with Gasteiger partial charge >= 0.3 is 0 Å². The van der Waals surface area contributed by atoms with E-state index in [9.17, 15) is 0 Å². The third-order valence-corrected chi connectivity index (χ3v) is 2.20. The maximum atomic E-state index is 5.32. The van der Waals surface area contributed by atoms with Crippen molar-refractivity contribution in [2.24, 2.45) is 5.84 Å². The summed E-state index contributed by atoms with van der Waals surface area (Å²) in [5, 5.41) is 0. The molecule has 0 bridgehead atoms. The highest BCUT2D eigenvalue weighted by Crippen LogP contribution is 2.26. The van der Waals surface area contributed by atoms with Gasteiger partial charge in [-0.2, -0.15) is 0 Å². The Labute approximate surface area is 87.0 Å². The van der Waals surface area contributed by atoms with Crippen LogP contribution < -0.4 is 11.3 Å². The summed E-state index contributed by atoms with van der Waals surface area (Å²) in [7, 11) is 0. The van der Waals surface area contributed by atoms with Crippen LogP contribution in [0.4, 0.5) is 5.69 Å². The summed E-state index contributed by atoms with van der Waals surface area (Å²) in [6.07, 6.45) is 0. The number of anilines is 1. The molecule has 0 amide bonds. The number of rotatable bonds is 1. The molecule has 1 rings (SSSR count). The number of aryl methyl sites for hydroxylation is 2. The first kappa shape index (κ1) is 11.8. The third kappa shape index (κ3) is 2.37. The van der Waals surface area contributed by atoms with E-state index >= 15 is 0 Å². The number of halogens is 2. The second-order valence-corrected chi connectivity index (χ2v) is 3.44. The monoisotopic (exact) mass is 250 g/mol. The molecule has 3 N–H and O–H groups in total. The molecule has 0 atom stereocenters. The molecule has 0 aliphatic heterocycles. The minimum absolute atomic E-state index is 0. The molecule has 0 aromatic heterocycles. The summed E-state index contributed by atoms with van der Waals surface area (Å²) >= 11 is 3.42. The molecule has 0 radical (unpaired) electrons. The van der Waals surface area contributed by atoms with E-state index in [1.165, 1.54) is 5.56 Å². The van der Waals surface area contributed by atoms with Crippen LogP contribution in [0.5, 0.6) is 0 Å². The number of nitrogens with two attached hydrogens (primary N) is 1. The van der Waals surface area contributed by atoms with E-state index in [1.807, 2.05) is 13.0 Å². The van der Waals surface area contributed by atoms with Crippen molar-refractivity contribution in [3.63, 3.8) is 0 Å². The van der Waals surface area contributed by atoms with Crippen molar-refractivity contribution in [3.05, 3.63) is 27.7 Å². The molecule has 4 heteroatoms. The van der Waals surface area contributed by atoms with Gasteiger partial charge in [-0.25, -0.2) is 0 Å². The van der Waals surface area contributed by atoms with Crippen LogP contribution in [0.25, 0.3) is 0 Å². The van der Waals surface area contributed by atoms with Gasteiger partial charge < -0.3 is 5.43 Å². The van der Waals surface area contributed by atoms with Crippen molar-refractivity contribution in [1.29, 1.82) is 0 Å². The Balaban J connectivity index is 0.00000121. The van der Waals surface area contributed by atoms with Crippen molar-refractivity contribution in [3.8, 4) is 0 Å². The third-order valence-electron chi connectivity index (χ3n) is 1.58. The predicted molar refractivity (Wildman–Crippen MR) is 58.7 cm³/mol. The topological polar surface area (TPSA) is 38.0 Å². The van der Waals surface area contributed by atoms with E-state index in [2.05, 4.69) is 34.3 Å². The Kier molecular flexibility index (Phi) is 4.60. The SMILES string of the molecule is Cc1cc(C)c(NN)c(Br)c1.Cl. The molecular weight excluding hydrogens is 239 g/mol. The van der Waals surface area contributed by atoms with Gasteiger partial charge in [-0.1, -0.05) is 6.07 Å². The van der Waals surface area contributed by atoms with Gasteiger partial charge in [0.1, 0.15) is 0 Å². The van der Waals surface area contributed by atoms with Crippen LogP contribution in [-0.4, -0.2) is 0 Å². The number of benzene rings is 1. The average molecular weight is 252 g/mol. The van der Waals surface area contributed by atoms with Crippen LogP contribution in [0, 0.1) is 13.8 Å². The summed E-state index contributed by atoms with van der Waals surface area (Å²) in [5.74, 6) is 5.32. The van der Waals surface area contributed by atoms with Gasteiger partial charge in [-0.3, -0.25) is 5.84 Å². The molecule has 0 unspecified atom stereocenters. The number of hydrazine groups is 1. The van der Waals surface area contributed by atoms with E-state index in [1.54, 1.807) is 0 Å². The molecule has 1 aromatic carbocycles. The minimum atomic E-state index is 0. The fraction of sp³-hybridized carbons (Fsp3) is 0.250. The predicted octanol–water partition coefficient (Wildman–Crippen LogP) is 2.77. The molecule has 0 fully saturated rings. The molecule has 0 spiro atoms. The van der Waals surface area contributed by atoms with E-state index in [-0.39, 0.29) is 12.4 Å². The normalized spacial score (nSPS) is 9.00. The fourth-order valence-corrected chi connectivity index (χ4v) is 1.89.